The van der Waals surface area contributed by atoms with Gasteiger partial charge in [0, 0.05) is 4.88 Å². The van der Waals surface area contributed by atoms with Crippen LogP contribution in [0.3, 0.4) is 0 Å². The van der Waals surface area contributed by atoms with E-state index in [-0.39, 0.29) is 18.6 Å². The van der Waals surface area contributed by atoms with Gasteiger partial charge < -0.3 is 20.2 Å². The standard InChI is InChI=1S/C17H24N2O3S/c1-12(2)10-13(14-6-5-9-23-14)19-16(20)18-11-17(3,21)15-7-4-8-22-15/h4-9,12-13,21H,10-11H2,1-3H3,(H2,18,19,20). The molecule has 0 aromatic carbocycles. The maximum absolute atomic E-state index is 12.2. The number of hydrogen-bond donors (Lipinski definition) is 3. The number of thiophene rings is 1. The second kappa shape index (κ2) is 7.66. The van der Waals surface area contributed by atoms with Crippen LogP contribution in [-0.4, -0.2) is 17.7 Å². The van der Waals surface area contributed by atoms with Gasteiger partial charge in [0.2, 0.25) is 0 Å². The first-order chi connectivity index (χ1) is 10.9. The van der Waals surface area contributed by atoms with Gasteiger partial charge in [-0.1, -0.05) is 19.9 Å². The average molecular weight is 336 g/mol. The van der Waals surface area contributed by atoms with E-state index < -0.39 is 5.60 Å². The normalized spacial score (nSPS) is 15.2. The molecule has 0 radical (unpaired) electrons. The van der Waals surface area contributed by atoms with Crippen LogP contribution in [0.4, 0.5) is 4.79 Å². The molecule has 0 aliphatic rings. The fraction of sp³-hybridized carbons (Fsp3) is 0.471. The number of carbonyl (C=O) groups is 1. The van der Waals surface area contributed by atoms with E-state index in [2.05, 4.69) is 24.5 Å². The Morgan fingerprint density at radius 1 is 1.39 bits per heavy atom. The van der Waals surface area contributed by atoms with Crippen LogP contribution in [0.15, 0.2) is 40.3 Å². The minimum Gasteiger partial charge on any atom is -0.466 e. The molecule has 0 fully saturated rings. The monoisotopic (exact) mass is 336 g/mol. The maximum Gasteiger partial charge on any atom is 0.315 e. The predicted molar refractivity (Wildman–Crippen MR) is 91.3 cm³/mol. The summed E-state index contributed by atoms with van der Waals surface area (Å²) in [5.74, 6) is 0.892. The number of urea groups is 1. The predicted octanol–water partition coefficient (Wildman–Crippen LogP) is 3.64. The van der Waals surface area contributed by atoms with Gasteiger partial charge in [-0.05, 0) is 42.8 Å². The molecule has 2 heterocycles. The van der Waals surface area contributed by atoms with E-state index >= 15 is 0 Å². The number of furan rings is 1. The first kappa shape index (κ1) is 17.6. The topological polar surface area (TPSA) is 74.5 Å². The minimum atomic E-state index is -1.24. The van der Waals surface area contributed by atoms with Crippen molar-refractivity contribution in [1.82, 2.24) is 10.6 Å². The van der Waals surface area contributed by atoms with Crippen LogP contribution in [0.25, 0.3) is 0 Å². The van der Waals surface area contributed by atoms with Crippen LogP contribution in [0.5, 0.6) is 0 Å². The van der Waals surface area contributed by atoms with Crippen molar-refractivity contribution in [3.63, 3.8) is 0 Å². The quantitative estimate of drug-likeness (QED) is 0.723. The third-order valence-corrected chi connectivity index (χ3v) is 4.53. The number of carbonyl (C=O) groups excluding carboxylic acids is 1. The smallest absolute Gasteiger partial charge is 0.315 e. The van der Waals surface area contributed by atoms with Crippen LogP contribution in [-0.2, 0) is 5.60 Å². The highest BCUT2D eigenvalue weighted by Gasteiger charge is 2.27. The Labute approximate surface area is 140 Å². The van der Waals surface area contributed by atoms with E-state index in [1.807, 2.05) is 17.5 Å². The lowest BCUT2D eigenvalue weighted by molar-refractivity contribution is 0.0366. The Bertz CT molecular complexity index is 591. The number of amides is 2. The second-order valence-corrected chi connectivity index (χ2v) is 7.25. The number of hydrogen-bond acceptors (Lipinski definition) is 4. The molecule has 2 aromatic rings. The summed E-state index contributed by atoms with van der Waals surface area (Å²) in [5, 5.41) is 18.1. The Kier molecular flexibility index (Phi) is 5.85. The van der Waals surface area contributed by atoms with Gasteiger partial charge >= 0.3 is 6.03 Å². The van der Waals surface area contributed by atoms with Crippen LogP contribution < -0.4 is 10.6 Å². The summed E-state index contributed by atoms with van der Waals surface area (Å²) in [6.45, 7) is 5.94. The largest absolute Gasteiger partial charge is 0.466 e. The lowest BCUT2D eigenvalue weighted by atomic mass is 10.0. The Hall–Kier alpha value is -1.79. The molecule has 0 saturated heterocycles. The van der Waals surface area contributed by atoms with Gasteiger partial charge in [-0.15, -0.1) is 11.3 Å². The van der Waals surface area contributed by atoms with Gasteiger partial charge in [0.1, 0.15) is 11.4 Å². The Morgan fingerprint density at radius 2 is 2.17 bits per heavy atom. The molecule has 0 spiro atoms. The lowest BCUT2D eigenvalue weighted by Crippen LogP contribution is -2.44. The zero-order valence-electron chi connectivity index (χ0n) is 13.7. The maximum atomic E-state index is 12.2. The molecule has 0 saturated carbocycles. The number of nitrogens with one attached hydrogen (secondary N) is 2. The van der Waals surface area contributed by atoms with Crippen molar-refractivity contribution >= 4 is 17.4 Å². The van der Waals surface area contributed by atoms with Crippen molar-refractivity contribution < 1.29 is 14.3 Å². The highest BCUT2D eigenvalue weighted by atomic mass is 32.1. The van der Waals surface area contributed by atoms with Crippen molar-refractivity contribution in [2.45, 2.75) is 38.8 Å². The third kappa shape index (κ3) is 5.11. The van der Waals surface area contributed by atoms with Gasteiger partial charge in [-0.25, -0.2) is 4.79 Å². The van der Waals surface area contributed by atoms with E-state index in [4.69, 9.17) is 4.42 Å². The summed E-state index contributed by atoms with van der Waals surface area (Å²) in [6, 6.07) is 7.08. The highest BCUT2D eigenvalue weighted by molar-refractivity contribution is 7.10. The molecule has 2 atom stereocenters. The molecular weight excluding hydrogens is 312 g/mol. The first-order valence-electron chi connectivity index (χ1n) is 7.72. The molecular formula is C17H24N2O3S. The van der Waals surface area contributed by atoms with Crippen molar-refractivity contribution in [2.75, 3.05) is 6.54 Å². The number of aliphatic hydroxyl groups is 1. The molecule has 6 heteroatoms. The van der Waals surface area contributed by atoms with Gasteiger partial charge in [0.05, 0.1) is 18.8 Å². The van der Waals surface area contributed by atoms with E-state index in [1.165, 1.54) is 6.26 Å². The van der Waals surface area contributed by atoms with E-state index in [0.29, 0.717) is 11.7 Å². The summed E-state index contributed by atoms with van der Waals surface area (Å²) in [6.07, 6.45) is 2.36. The van der Waals surface area contributed by atoms with Gasteiger partial charge in [0.25, 0.3) is 0 Å². The zero-order valence-corrected chi connectivity index (χ0v) is 14.5. The Morgan fingerprint density at radius 3 is 2.74 bits per heavy atom. The number of rotatable bonds is 7. The van der Waals surface area contributed by atoms with Crippen LogP contribution in [0.2, 0.25) is 0 Å². The van der Waals surface area contributed by atoms with Gasteiger partial charge in [-0.2, -0.15) is 0 Å². The van der Waals surface area contributed by atoms with E-state index in [0.717, 1.165) is 11.3 Å². The Balaban J connectivity index is 1.92. The summed E-state index contributed by atoms with van der Waals surface area (Å²) < 4.78 is 5.20. The molecule has 0 aliphatic heterocycles. The molecule has 5 nitrogen and oxygen atoms in total. The molecule has 126 valence electrons. The van der Waals surface area contributed by atoms with Crippen molar-refractivity contribution in [3.05, 3.63) is 46.5 Å². The van der Waals surface area contributed by atoms with E-state index in [1.54, 1.807) is 30.4 Å². The molecule has 2 rings (SSSR count). The lowest BCUT2D eigenvalue weighted by Gasteiger charge is -2.23. The summed E-state index contributed by atoms with van der Waals surface area (Å²) in [5.41, 5.74) is -1.24. The molecule has 0 bridgehead atoms. The fourth-order valence-electron chi connectivity index (χ4n) is 2.34. The second-order valence-electron chi connectivity index (χ2n) is 6.28. The molecule has 3 N–H and O–H groups in total. The molecule has 0 aliphatic carbocycles. The van der Waals surface area contributed by atoms with E-state index in [9.17, 15) is 9.90 Å². The van der Waals surface area contributed by atoms with Crippen molar-refractivity contribution in [2.24, 2.45) is 5.92 Å². The van der Waals surface area contributed by atoms with Crippen LogP contribution >= 0.6 is 11.3 Å². The molecule has 23 heavy (non-hydrogen) atoms. The summed E-state index contributed by atoms with van der Waals surface area (Å²) >= 11 is 1.63. The van der Waals surface area contributed by atoms with Crippen molar-refractivity contribution in [3.8, 4) is 0 Å². The van der Waals surface area contributed by atoms with Crippen LogP contribution in [0.1, 0.15) is 43.9 Å². The molecule has 2 aromatic heterocycles. The minimum absolute atomic E-state index is 0.0245. The molecule has 2 amide bonds. The summed E-state index contributed by atoms with van der Waals surface area (Å²) in [7, 11) is 0. The highest BCUT2D eigenvalue weighted by Crippen LogP contribution is 2.25. The summed E-state index contributed by atoms with van der Waals surface area (Å²) in [4.78, 5) is 13.3. The SMILES string of the molecule is CC(C)CC(NC(=O)NCC(C)(O)c1ccco1)c1cccs1. The molecule has 2 unspecified atom stereocenters. The zero-order chi connectivity index (χ0) is 16.9. The average Bonchev–Trinajstić information content (AvgIpc) is 3.17. The van der Waals surface area contributed by atoms with Crippen molar-refractivity contribution in [1.29, 1.82) is 0 Å². The van der Waals surface area contributed by atoms with Crippen LogP contribution in [0, 0.1) is 5.92 Å². The van der Waals surface area contributed by atoms with Gasteiger partial charge in [-0.3, -0.25) is 0 Å². The first-order valence-corrected chi connectivity index (χ1v) is 8.60. The fourth-order valence-corrected chi connectivity index (χ4v) is 3.13. The third-order valence-electron chi connectivity index (χ3n) is 3.54. The van der Waals surface area contributed by atoms with Gasteiger partial charge in [0.15, 0.2) is 0 Å².